The van der Waals surface area contributed by atoms with Gasteiger partial charge in [-0.15, -0.1) is 0 Å². The maximum Gasteiger partial charge on any atom is 0.333 e. The average molecular weight is 298 g/mol. The minimum Gasteiger partial charge on any atom is -0.336 e. The molecule has 5 nitrogen and oxygen atoms in total. The SMILES string of the molecule is N#Cc1cccc(NNC(=O)NCCc2ccc(F)cc2)c1. The fourth-order valence-electron chi connectivity index (χ4n) is 1.81. The van der Waals surface area contributed by atoms with Crippen LogP contribution in [0.4, 0.5) is 14.9 Å². The first-order valence-electron chi connectivity index (χ1n) is 6.72. The van der Waals surface area contributed by atoms with E-state index in [9.17, 15) is 9.18 Å². The smallest absolute Gasteiger partial charge is 0.333 e. The molecule has 0 bridgehead atoms. The topological polar surface area (TPSA) is 77.0 Å². The average Bonchev–Trinajstić information content (AvgIpc) is 2.55. The molecule has 0 aliphatic carbocycles. The van der Waals surface area contributed by atoms with E-state index in [0.717, 1.165) is 5.56 Å². The number of hydrazine groups is 1. The van der Waals surface area contributed by atoms with Crippen molar-refractivity contribution in [3.8, 4) is 6.07 Å². The van der Waals surface area contributed by atoms with Crippen LogP contribution in [0.5, 0.6) is 0 Å². The van der Waals surface area contributed by atoms with Crippen LogP contribution < -0.4 is 16.2 Å². The fraction of sp³-hybridized carbons (Fsp3) is 0.125. The Morgan fingerprint density at radius 3 is 2.68 bits per heavy atom. The Balaban J connectivity index is 1.71. The van der Waals surface area contributed by atoms with E-state index in [1.54, 1.807) is 36.4 Å². The van der Waals surface area contributed by atoms with E-state index < -0.39 is 0 Å². The van der Waals surface area contributed by atoms with Gasteiger partial charge in [0.05, 0.1) is 17.3 Å². The third kappa shape index (κ3) is 4.80. The number of halogens is 1. The van der Waals surface area contributed by atoms with Gasteiger partial charge in [0.25, 0.3) is 0 Å². The Bertz CT molecular complexity index is 679. The summed E-state index contributed by atoms with van der Waals surface area (Å²) in [6, 6.07) is 14.5. The molecule has 2 rings (SSSR count). The Morgan fingerprint density at radius 1 is 1.18 bits per heavy atom. The highest BCUT2D eigenvalue weighted by atomic mass is 19.1. The highest BCUT2D eigenvalue weighted by molar-refractivity contribution is 5.75. The zero-order chi connectivity index (χ0) is 15.8. The van der Waals surface area contributed by atoms with Crippen molar-refractivity contribution >= 4 is 11.7 Å². The number of benzene rings is 2. The molecule has 0 heterocycles. The van der Waals surface area contributed by atoms with Crippen LogP contribution in [-0.4, -0.2) is 12.6 Å². The molecule has 0 unspecified atom stereocenters. The number of urea groups is 1. The molecule has 0 aliphatic heterocycles. The minimum absolute atomic E-state index is 0.279. The van der Waals surface area contributed by atoms with Crippen LogP contribution in [0.2, 0.25) is 0 Å². The first-order chi connectivity index (χ1) is 10.7. The Hall–Kier alpha value is -3.07. The lowest BCUT2D eigenvalue weighted by atomic mass is 10.1. The van der Waals surface area contributed by atoms with Crippen molar-refractivity contribution in [3.63, 3.8) is 0 Å². The summed E-state index contributed by atoms with van der Waals surface area (Å²) in [6.45, 7) is 0.428. The maximum absolute atomic E-state index is 12.7. The number of nitrogens with one attached hydrogen (secondary N) is 3. The first kappa shape index (κ1) is 15.3. The summed E-state index contributed by atoms with van der Waals surface area (Å²) in [5.41, 5.74) is 7.25. The normalized spacial score (nSPS) is 9.64. The standard InChI is InChI=1S/C16H15FN4O/c17-14-6-4-12(5-7-14)8-9-19-16(22)21-20-15-3-1-2-13(10-15)11-18/h1-7,10,20H,8-9H2,(H2,19,21,22). The van der Waals surface area contributed by atoms with E-state index >= 15 is 0 Å². The van der Waals surface area contributed by atoms with Gasteiger partial charge in [-0.3, -0.25) is 10.9 Å². The molecular weight excluding hydrogens is 283 g/mol. The van der Waals surface area contributed by atoms with Crippen molar-refractivity contribution in [2.24, 2.45) is 0 Å². The molecule has 0 atom stereocenters. The van der Waals surface area contributed by atoms with E-state index in [1.165, 1.54) is 12.1 Å². The number of rotatable bonds is 5. The van der Waals surface area contributed by atoms with E-state index in [0.29, 0.717) is 24.2 Å². The molecule has 0 aliphatic rings. The zero-order valence-electron chi connectivity index (χ0n) is 11.8. The lowest BCUT2D eigenvalue weighted by molar-refractivity contribution is 0.243. The molecule has 6 heteroatoms. The van der Waals surface area contributed by atoms with Crippen LogP contribution in [0.15, 0.2) is 48.5 Å². The van der Waals surface area contributed by atoms with Crippen LogP contribution >= 0.6 is 0 Å². The van der Waals surface area contributed by atoms with Gasteiger partial charge < -0.3 is 5.32 Å². The second-order valence-electron chi connectivity index (χ2n) is 4.57. The number of hydrogen-bond acceptors (Lipinski definition) is 3. The van der Waals surface area contributed by atoms with Crippen LogP contribution in [0, 0.1) is 17.1 Å². The summed E-state index contributed by atoms with van der Waals surface area (Å²) in [5, 5.41) is 11.5. The van der Waals surface area contributed by atoms with Crippen LogP contribution in [0.3, 0.4) is 0 Å². The Morgan fingerprint density at radius 2 is 1.95 bits per heavy atom. The van der Waals surface area contributed by atoms with Gasteiger partial charge in [0.1, 0.15) is 5.82 Å². The molecule has 2 amide bonds. The first-order valence-corrected chi connectivity index (χ1v) is 6.72. The van der Waals surface area contributed by atoms with Crippen molar-refractivity contribution in [1.29, 1.82) is 5.26 Å². The molecular formula is C16H15FN4O. The lowest BCUT2D eigenvalue weighted by Crippen LogP contribution is -2.39. The second-order valence-corrected chi connectivity index (χ2v) is 4.57. The Kier molecular flexibility index (Phi) is 5.32. The quantitative estimate of drug-likeness (QED) is 0.742. The number of carbonyl (C=O) groups is 1. The van der Waals surface area contributed by atoms with Gasteiger partial charge in [0.15, 0.2) is 0 Å². The van der Waals surface area contributed by atoms with E-state index in [2.05, 4.69) is 16.2 Å². The molecule has 2 aromatic carbocycles. The van der Waals surface area contributed by atoms with Crippen molar-refractivity contribution in [2.45, 2.75) is 6.42 Å². The third-order valence-corrected chi connectivity index (χ3v) is 2.92. The number of hydrogen-bond donors (Lipinski definition) is 3. The summed E-state index contributed by atoms with van der Waals surface area (Å²) in [4.78, 5) is 11.6. The molecule has 0 fully saturated rings. The molecule has 0 saturated heterocycles. The molecule has 22 heavy (non-hydrogen) atoms. The summed E-state index contributed by atoms with van der Waals surface area (Å²) in [7, 11) is 0. The highest BCUT2D eigenvalue weighted by Crippen LogP contribution is 2.08. The summed E-state index contributed by atoms with van der Waals surface area (Å²) < 4.78 is 12.7. The van der Waals surface area contributed by atoms with Gasteiger partial charge in [-0.25, -0.2) is 9.18 Å². The molecule has 0 spiro atoms. The van der Waals surface area contributed by atoms with Crippen LogP contribution in [-0.2, 0) is 6.42 Å². The second kappa shape index (κ2) is 7.64. The van der Waals surface area contributed by atoms with Gasteiger partial charge in [-0.1, -0.05) is 18.2 Å². The predicted molar refractivity (Wildman–Crippen MR) is 81.4 cm³/mol. The number of nitrogens with zero attached hydrogens (tertiary/aromatic N) is 1. The summed E-state index contributed by atoms with van der Waals surface area (Å²) in [5.74, 6) is -0.279. The molecule has 0 radical (unpaired) electrons. The lowest BCUT2D eigenvalue weighted by Gasteiger charge is -2.10. The minimum atomic E-state index is -0.385. The molecule has 3 N–H and O–H groups in total. The molecule has 0 saturated carbocycles. The predicted octanol–water partition coefficient (Wildman–Crippen LogP) is 2.57. The molecule has 112 valence electrons. The van der Waals surface area contributed by atoms with Crippen molar-refractivity contribution in [3.05, 3.63) is 65.5 Å². The largest absolute Gasteiger partial charge is 0.336 e. The van der Waals surface area contributed by atoms with E-state index in [4.69, 9.17) is 5.26 Å². The maximum atomic E-state index is 12.7. The van der Waals surface area contributed by atoms with Gasteiger partial charge in [0, 0.05) is 6.54 Å². The van der Waals surface area contributed by atoms with Crippen LogP contribution in [0.1, 0.15) is 11.1 Å². The number of amides is 2. The summed E-state index contributed by atoms with van der Waals surface area (Å²) in [6.07, 6.45) is 0.609. The van der Waals surface area contributed by atoms with Crippen molar-refractivity contribution in [1.82, 2.24) is 10.7 Å². The zero-order valence-corrected chi connectivity index (χ0v) is 11.8. The Labute approximate surface area is 127 Å². The van der Waals surface area contributed by atoms with E-state index in [1.807, 2.05) is 6.07 Å². The number of nitriles is 1. The third-order valence-electron chi connectivity index (χ3n) is 2.92. The van der Waals surface area contributed by atoms with Crippen LogP contribution in [0.25, 0.3) is 0 Å². The number of carbonyl (C=O) groups excluding carboxylic acids is 1. The number of anilines is 1. The highest BCUT2D eigenvalue weighted by Gasteiger charge is 2.00. The van der Waals surface area contributed by atoms with Gasteiger partial charge >= 0.3 is 6.03 Å². The molecule has 0 aromatic heterocycles. The fourth-order valence-corrected chi connectivity index (χ4v) is 1.81. The monoisotopic (exact) mass is 298 g/mol. The van der Waals surface area contributed by atoms with Crippen molar-refractivity contribution < 1.29 is 9.18 Å². The van der Waals surface area contributed by atoms with Gasteiger partial charge in [-0.05, 0) is 42.3 Å². The van der Waals surface area contributed by atoms with Crippen molar-refractivity contribution in [2.75, 3.05) is 12.0 Å². The van der Waals surface area contributed by atoms with E-state index in [-0.39, 0.29) is 11.8 Å². The summed E-state index contributed by atoms with van der Waals surface area (Å²) >= 11 is 0. The van der Waals surface area contributed by atoms with Gasteiger partial charge in [0.2, 0.25) is 0 Å². The molecule has 2 aromatic rings. The van der Waals surface area contributed by atoms with Gasteiger partial charge in [-0.2, -0.15) is 5.26 Å².